The Morgan fingerprint density at radius 2 is 1.48 bits per heavy atom. The van der Waals surface area contributed by atoms with Crippen LogP contribution in [0.3, 0.4) is 0 Å². The zero-order valence-corrected chi connectivity index (χ0v) is 12.2. The molecule has 1 aromatic heterocycles. The molecule has 116 valence electrons. The number of hydrogen-bond acceptors (Lipinski definition) is 1. The third-order valence-electron chi connectivity index (χ3n) is 3.63. The molecule has 0 radical (unpaired) electrons. The van der Waals surface area contributed by atoms with Crippen LogP contribution in [0.4, 0.5) is 13.2 Å². The van der Waals surface area contributed by atoms with Crippen molar-refractivity contribution in [2.24, 2.45) is 0 Å². The molecular weight excluding hydrogens is 299 g/mol. The fourth-order valence-corrected chi connectivity index (χ4v) is 2.54. The molecule has 0 aliphatic rings. The van der Waals surface area contributed by atoms with Crippen molar-refractivity contribution >= 4 is 0 Å². The highest BCUT2D eigenvalue weighted by Gasteiger charge is 2.33. The lowest BCUT2D eigenvalue weighted by Gasteiger charge is -2.15. The predicted octanol–water partition coefficient (Wildman–Crippen LogP) is 5.36. The highest BCUT2D eigenvalue weighted by Crippen LogP contribution is 2.37. The van der Waals surface area contributed by atoms with E-state index in [1.807, 2.05) is 12.1 Å². The van der Waals surface area contributed by atoms with Gasteiger partial charge in [-0.15, -0.1) is 0 Å². The summed E-state index contributed by atoms with van der Waals surface area (Å²) >= 11 is 0. The lowest BCUT2D eigenvalue weighted by molar-refractivity contribution is -0.137. The van der Waals surface area contributed by atoms with E-state index in [1.54, 1.807) is 48.8 Å². The Morgan fingerprint density at radius 3 is 2.13 bits per heavy atom. The van der Waals surface area contributed by atoms with E-state index in [2.05, 4.69) is 4.98 Å². The van der Waals surface area contributed by atoms with E-state index in [0.717, 1.165) is 11.1 Å². The summed E-state index contributed by atoms with van der Waals surface area (Å²) in [7, 11) is 0. The van der Waals surface area contributed by atoms with Crippen molar-refractivity contribution in [1.82, 2.24) is 4.98 Å². The molecule has 0 saturated carbocycles. The Bertz CT molecular complexity index is 781. The highest BCUT2D eigenvalue weighted by molar-refractivity contribution is 5.69. The van der Waals surface area contributed by atoms with E-state index in [-0.39, 0.29) is 5.56 Å². The van der Waals surface area contributed by atoms with Gasteiger partial charge in [0.25, 0.3) is 0 Å². The molecule has 0 bridgehead atoms. The molecule has 2 aromatic carbocycles. The summed E-state index contributed by atoms with van der Waals surface area (Å²) in [4.78, 5) is 3.95. The molecule has 0 N–H and O–H groups in total. The zero-order valence-electron chi connectivity index (χ0n) is 12.2. The molecule has 0 atom stereocenters. The van der Waals surface area contributed by atoms with Gasteiger partial charge < -0.3 is 0 Å². The molecular formula is C19H14F3N. The van der Waals surface area contributed by atoms with Gasteiger partial charge in [0.15, 0.2) is 0 Å². The van der Waals surface area contributed by atoms with Crippen LogP contribution in [0.15, 0.2) is 73.1 Å². The van der Waals surface area contributed by atoms with Gasteiger partial charge in [-0.3, -0.25) is 4.98 Å². The predicted molar refractivity (Wildman–Crippen MR) is 83.9 cm³/mol. The van der Waals surface area contributed by atoms with Crippen LogP contribution in [0.5, 0.6) is 0 Å². The molecule has 1 heterocycles. The molecule has 0 fully saturated rings. The second-order valence-electron chi connectivity index (χ2n) is 5.28. The fraction of sp³-hybridized carbons (Fsp3) is 0.105. The Hall–Kier alpha value is -2.62. The van der Waals surface area contributed by atoms with E-state index in [1.165, 1.54) is 12.1 Å². The average molecular weight is 313 g/mol. The Balaban J connectivity index is 2.05. The summed E-state index contributed by atoms with van der Waals surface area (Å²) in [6.07, 6.45) is -0.449. The Labute approximate surface area is 132 Å². The number of halogens is 3. The SMILES string of the molecule is FC(F)(F)c1ccc(Cc2ccncc2)cc1-c1ccccc1. The topological polar surface area (TPSA) is 12.9 Å². The van der Waals surface area contributed by atoms with Crippen LogP contribution in [0.2, 0.25) is 0 Å². The summed E-state index contributed by atoms with van der Waals surface area (Å²) in [6, 6.07) is 16.7. The molecule has 0 spiro atoms. The maximum atomic E-state index is 13.3. The molecule has 0 aliphatic heterocycles. The normalized spacial score (nSPS) is 11.4. The smallest absolute Gasteiger partial charge is 0.265 e. The minimum absolute atomic E-state index is 0.213. The summed E-state index contributed by atoms with van der Waals surface area (Å²) in [5, 5.41) is 0. The van der Waals surface area contributed by atoms with E-state index in [0.29, 0.717) is 12.0 Å². The quantitative estimate of drug-likeness (QED) is 0.634. The average Bonchev–Trinajstić information content (AvgIpc) is 2.55. The van der Waals surface area contributed by atoms with Crippen molar-refractivity contribution in [3.63, 3.8) is 0 Å². The number of pyridine rings is 1. The van der Waals surface area contributed by atoms with Gasteiger partial charge in [-0.25, -0.2) is 0 Å². The molecule has 0 unspecified atom stereocenters. The Kier molecular flexibility index (Phi) is 4.15. The maximum Gasteiger partial charge on any atom is 0.417 e. The van der Waals surface area contributed by atoms with Gasteiger partial charge >= 0.3 is 6.18 Å². The molecule has 23 heavy (non-hydrogen) atoms. The zero-order chi connectivity index (χ0) is 16.3. The van der Waals surface area contributed by atoms with Crippen molar-refractivity contribution in [3.8, 4) is 11.1 Å². The Morgan fingerprint density at radius 1 is 0.783 bits per heavy atom. The molecule has 3 aromatic rings. The summed E-state index contributed by atoms with van der Waals surface area (Å²) in [5.41, 5.74) is 2.02. The molecule has 0 saturated heterocycles. The molecule has 4 heteroatoms. The van der Waals surface area contributed by atoms with Crippen LogP contribution < -0.4 is 0 Å². The third-order valence-corrected chi connectivity index (χ3v) is 3.63. The summed E-state index contributed by atoms with van der Waals surface area (Å²) in [5.74, 6) is 0. The number of aromatic nitrogens is 1. The first-order valence-corrected chi connectivity index (χ1v) is 7.18. The van der Waals surface area contributed by atoms with Crippen LogP contribution in [-0.2, 0) is 12.6 Å². The molecule has 3 rings (SSSR count). The van der Waals surface area contributed by atoms with Gasteiger partial charge in [-0.1, -0.05) is 42.5 Å². The maximum absolute atomic E-state index is 13.3. The minimum Gasteiger partial charge on any atom is -0.265 e. The van der Waals surface area contributed by atoms with Gasteiger partial charge in [-0.05, 0) is 46.9 Å². The van der Waals surface area contributed by atoms with Crippen molar-refractivity contribution in [2.45, 2.75) is 12.6 Å². The third kappa shape index (κ3) is 3.59. The first kappa shape index (κ1) is 15.3. The lowest BCUT2D eigenvalue weighted by Crippen LogP contribution is -2.07. The van der Waals surface area contributed by atoms with Crippen molar-refractivity contribution in [2.75, 3.05) is 0 Å². The molecule has 0 aliphatic carbocycles. The van der Waals surface area contributed by atoms with Crippen LogP contribution in [0.1, 0.15) is 16.7 Å². The van der Waals surface area contributed by atoms with Gasteiger partial charge in [0.1, 0.15) is 0 Å². The van der Waals surface area contributed by atoms with Gasteiger partial charge in [0.05, 0.1) is 5.56 Å². The van der Waals surface area contributed by atoms with Crippen LogP contribution in [0.25, 0.3) is 11.1 Å². The van der Waals surface area contributed by atoms with Crippen molar-refractivity contribution < 1.29 is 13.2 Å². The van der Waals surface area contributed by atoms with Gasteiger partial charge in [-0.2, -0.15) is 13.2 Å². The van der Waals surface area contributed by atoms with E-state index >= 15 is 0 Å². The number of nitrogens with zero attached hydrogens (tertiary/aromatic N) is 1. The number of rotatable bonds is 3. The second-order valence-corrected chi connectivity index (χ2v) is 5.28. The second kappa shape index (κ2) is 6.24. The van der Waals surface area contributed by atoms with Crippen LogP contribution >= 0.6 is 0 Å². The first-order chi connectivity index (χ1) is 11.0. The van der Waals surface area contributed by atoms with Crippen LogP contribution in [0, 0.1) is 0 Å². The largest absolute Gasteiger partial charge is 0.417 e. The molecule has 1 nitrogen and oxygen atoms in total. The van der Waals surface area contributed by atoms with Crippen molar-refractivity contribution in [3.05, 3.63) is 89.7 Å². The first-order valence-electron chi connectivity index (χ1n) is 7.18. The number of alkyl halides is 3. The fourth-order valence-electron chi connectivity index (χ4n) is 2.54. The van der Waals surface area contributed by atoms with Gasteiger partial charge in [0, 0.05) is 12.4 Å². The lowest BCUT2D eigenvalue weighted by atomic mass is 9.94. The minimum atomic E-state index is -4.37. The van der Waals surface area contributed by atoms with Crippen LogP contribution in [-0.4, -0.2) is 4.98 Å². The van der Waals surface area contributed by atoms with Crippen molar-refractivity contribution in [1.29, 1.82) is 0 Å². The van der Waals surface area contributed by atoms with E-state index in [4.69, 9.17) is 0 Å². The number of benzene rings is 2. The highest BCUT2D eigenvalue weighted by atomic mass is 19.4. The van der Waals surface area contributed by atoms with Gasteiger partial charge in [0.2, 0.25) is 0 Å². The summed E-state index contributed by atoms with van der Waals surface area (Å²) in [6.45, 7) is 0. The van der Waals surface area contributed by atoms with E-state index in [9.17, 15) is 13.2 Å². The standard InChI is InChI=1S/C19H14F3N/c20-19(21,22)18-7-6-15(12-14-8-10-23-11-9-14)13-17(18)16-4-2-1-3-5-16/h1-11,13H,12H2. The molecule has 0 amide bonds. The monoisotopic (exact) mass is 313 g/mol. The number of hydrogen-bond donors (Lipinski definition) is 0. The van der Waals surface area contributed by atoms with E-state index < -0.39 is 11.7 Å². The summed E-state index contributed by atoms with van der Waals surface area (Å²) < 4.78 is 39.9.